The van der Waals surface area contributed by atoms with Gasteiger partial charge in [0.15, 0.2) is 0 Å². The van der Waals surface area contributed by atoms with E-state index >= 15 is 0 Å². The number of piperazine rings is 1. The maximum absolute atomic E-state index is 13.0. The highest BCUT2D eigenvalue weighted by Gasteiger charge is 2.34. The lowest BCUT2D eigenvalue weighted by atomic mass is 10.1. The lowest BCUT2D eigenvalue weighted by Gasteiger charge is -2.33. The Kier molecular flexibility index (Phi) is 6.07. The first-order chi connectivity index (χ1) is 11.7. The van der Waals surface area contributed by atoms with E-state index in [0.717, 1.165) is 12.1 Å². The molecule has 0 atom stereocenters. The van der Waals surface area contributed by atoms with Gasteiger partial charge in [-0.3, -0.25) is 14.5 Å². The summed E-state index contributed by atoms with van der Waals surface area (Å²) < 4.78 is 39.1. The molecule has 1 aromatic rings. The molecule has 0 bridgehead atoms. The third kappa shape index (κ3) is 5.20. The maximum Gasteiger partial charge on any atom is 0.418 e. The number of nitrogens with zero attached hydrogens (tertiary/aromatic N) is 2. The Hall–Kier alpha value is -2.06. The van der Waals surface area contributed by atoms with Crippen LogP contribution in [0.25, 0.3) is 0 Å². The first-order valence-electron chi connectivity index (χ1n) is 7.51. The van der Waals surface area contributed by atoms with Gasteiger partial charge < -0.3 is 10.2 Å². The number of hydrogen-bond donors (Lipinski definition) is 1. The molecule has 1 fully saturated rings. The van der Waals surface area contributed by atoms with Gasteiger partial charge in [0, 0.05) is 31.2 Å². The molecule has 0 unspecified atom stereocenters. The summed E-state index contributed by atoms with van der Waals surface area (Å²) in [6.07, 6.45) is -3.40. The first kappa shape index (κ1) is 19.3. The molecule has 1 saturated heterocycles. The van der Waals surface area contributed by atoms with E-state index in [9.17, 15) is 22.8 Å². The largest absolute Gasteiger partial charge is 0.418 e. The van der Waals surface area contributed by atoms with Crippen molar-refractivity contribution in [3.63, 3.8) is 0 Å². The Morgan fingerprint density at radius 1 is 1.24 bits per heavy atom. The van der Waals surface area contributed by atoms with Crippen LogP contribution in [0.5, 0.6) is 0 Å². The Bertz CT molecular complexity index is 671. The van der Waals surface area contributed by atoms with Crippen LogP contribution in [-0.2, 0) is 15.8 Å². The van der Waals surface area contributed by atoms with Gasteiger partial charge in [-0.2, -0.15) is 13.2 Å². The lowest BCUT2D eigenvalue weighted by Crippen LogP contribution is -2.50. The van der Waals surface area contributed by atoms with Crippen molar-refractivity contribution in [1.82, 2.24) is 9.80 Å². The van der Waals surface area contributed by atoms with E-state index in [0.29, 0.717) is 26.2 Å². The normalized spacial score (nSPS) is 15.8. The lowest BCUT2D eigenvalue weighted by molar-refractivity contribution is -0.137. The first-order valence-corrected chi connectivity index (χ1v) is 7.89. The molecule has 0 aromatic heterocycles. The van der Waals surface area contributed by atoms with E-state index in [2.05, 4.69) is 11.9 Å². The van der Waals surface area contributed by atoms with Crippen LogP contribution in [-0.4, -0.2) is 54.3 Å². The molecule has 1 aliphatic rings. The summed E-state index contributed by atoms with van der Waals surface area (Å²) in [5, 5.41) is 2.22. The Labute approximate surface area is 148 Å². The predicted octanol–water partition coefficient (Wildman–Crippen LogP) is 2.63. The topological polar surface area (TPSA) is 52.7 Å². The van der Waals surface area contributed by atoms with Crippen LogP contribution >= 0.6 is 11.6 Å². The molecular weight excluding hydrogens is 359 g/mol. The molecule has 0 saturated carbocycles. The quantitative estimate of drug-likeness (QED) is 0.823. The van der Waals surface area contributed by atoms with Gasteiger partial charge in [-0.05, 0) is 24.3 Å². The summed E-state index contributed by atoms with van der Waals surface area (Å²) in [4.78, 5) is 26.9. The van der Waals surface area contributed by atoms with E-state index in [4.69, 9.17) is 11.6 Å². The number of benzene rings is 1. The summed E-state index contributed by atoms with van der Waals surface area (Å²) in [6, 6.07) is 3.19. The third-order valence-electron chi connectivity index (χ3n) is 3.79. The van der Waals surface area contributed by atoms with Gasteiger partial charge in [0.25, 0.3) is 0 Å². The van der Waals surface area contributed by atoms with Crippen molar-refractivity contribution < 1.29 is 22.8 Å². The molecular formula is C16H17ClF3N3O2. The summed E-state index contributed by atoms with van der Waals surface area (Å²) >= 11 is 5.61. The fourth-order valence-corrected chi connectivity index (χ4v) is 2.68. The van der Waals surface area contributed by atoms with Crippen molar-refractivity contribution in [3.8, 4) is 0 Å². The molecule has 1 aromatic carbocycles. The number of alkyl halides is 3. The molecule has 25 heavy (non-hydrogen) atoms. The third-order valence-corrected chi connectivity index (χ3v) is 4.02. The molecule has 0 radical (unpaired) electrons. The highest BCUT2D eigenvalue weighted by Crippen LogP contribution is 2.36. The van der Waals surface area contributed by atoms with Crippen molar-refractivity contribution in [2.45, 2.75) is 6.18 Å². The molecule has 2 amide bonds. The molecule has 0 aliphatic carbocycles. The number of anilines is 1. The van der Waals surface area contributed by atoms with E-state index in [1.165, 1.54) is 12.1 Å². The number of nitrogens with one attached hydrogen (secondary N) is 1. The standard InChI is InChI=1S/C16H17ClF3N3O2/c1-2-15(25)23-7-5-22(6-8-23)10-14(24)21-13-4-3-11(17)9-12(13)16(18,19)20/h2-4,9H,1,5-8,10H2,(H,21,24). The number of carbonyl (C=O) groups excluding carboxylic acids is 2. The van der Waals surface area contributed by atoms with Crippen LogP contribution in [0, 0.1) is 0 Å². The zero-order valence-corrected chi connectivity index (χ0v) is 14.0. The van der Waals surface area contributed by atoms with Crippen LogP contribution in [0.4, 0.5) is 18.9 Å². The van der Waals surface area contributed by atoms with Gasteiger partial charge in [-0.15, -0.1) is 0 Å². The van der Waals surface area contributed by atoms with Gasteiger partial charge in [0.2, 0.25) is 11.8 Å². The molecule has 136 valence electrons. The van der Waals surface area contributed by atoms with Gasteiger partial charge in [0.05, 0.1) is 17.8 Å². The molecule has 5 nitrogen and oxygen atoms in total. The molecule has 9 heteroatoms. The van der Waals surface area contributed by atoms with Crippen LogP contribution in [0.2, 0.25) is 5.02 Å². The van der Waals surface area contributed by atoms with Crippen molar-refractivity contribution in [2.24, 2.45) is 0 Å². The van der Waals surface area contributed by atoms with Crippen molar-refractivity contribution >= 4 is 29.1 Å². The highest BCUT2D eigenvalue weighted by atomic mass is 35.5. The second kappa shape index (κ2) is 7.88. The Morgan fingerprint density at radius 3 is 2.44 bits per heavy atom. The minimum Gasteiger partial charge on any atom is -0.337 e. The molecule has 1 aliphatic heterocycles. The van der Waals surface area contributed by atoms with E-state index in [-0.39, 0.29) is 23.2 Å². The second-order valence-electron chi connectivity index (χ2n) is 5.54. The number of rotatable bonds is 4. The zero-order chi connectivity index (χ0) is 18.6. The average molecular weight is 376 g/mol. The minimum atomic E-state index is -4.62. The van der Waals surface area contributed by atoms with Crippen LogP contribution in [0.1, 0.15) is 5.56 Å². The zero-order valence-electron chi connectivity index (χ0n) is 13.3. The van der Waals surface area contributed by atoms with E-state index in [1.807, 2.05) is 0 Å². The van der Waals surface area contributed by atoms with E-state index < -0.39 is 17.6 Å². The van der Waals surface area contributed by atoms with Crippen molar-refractivity contribution in [3.05, 3.63) is 41.4 Å². The Balaban J connectivity index is 1.96. The van der Waals surface area contributed by atoms with Crippen LogP contribution in [0.15, 0.2) is 30.9 Å². The summed E-state index contributed by atoms with van der Waals surface area (Å²) in [7, 11) is 0. The second-order valence-corrected chi connectivity index (χ2v) is 5.98. The average Bonchev–Trinajstić information content (AvgIpc) is 2.55. The van der Waals surface area contributed by atoms with Crippen LogP contribution in [0.3, 0.4) is 0 Å². The van der Waals surface area contributed by atoms with E-state index in [1.54, 1.807) is 9.80 Å². The number of hydrogen-bond acceptors (Lipinski definition) is 3. The molecule has 2 rings (SSSR count). The Morgan fingerprint density at radius 2 is 1.88 bits per heavy atom. The monoisotopic (exact) mass is 375 g/mol. The fourth-order valence-electron chi connectivity index (χ4n) is 2.51. The smallest absolute Gasteiger partial charge is 0.337 e. The van der Waals surface area contributed by atoms with Crippen molar-refractivity contribution in [1.29, 1.82) is 0 Å². The molecule has 0 spiro atoms. The minimum absolute atomic E-state index is 0.0595. The molecule has 1 heterocycles. The summed E-state index contributed by atoms with van der Waals surface area (Å²) in [5.74, 6) is -0.739. The van der Waals surface area contributed by atoms with Gasteiger partial charge >= 0.3 is 6.18 Å². The predicted molar refractivity (Wildman–Crippen MR) is 88.3 cm³/mol. The fraction of sp³-hybridized carbons (Fsp3) is 0.375. The SMILES string of the molecule is C=CC(=O)N1CCN(CC(=O)Nc2ccc(Cl)cc2C(F)(F)F)CC1. The summed E-state index contributed by atoms with van der Waals surface area (Å²) in [6.45, 7) is 5.15. The highest BCUT2D eigenvalue weighted by molar-refractivity contribution is 6.30. The summed E-state index contributed by atoms with van der Waals surface area (Å²) in [5.41, 5.74) is -1.32. The van der Waals surface area contributed by atoms with Crippen molar-refractivity contribution in [2.75, 3.05) is 38.0 Å². The maximum atomic E-state index is 13.0. The van der Waals surface area contributed by atoms with Crippen LogP contribution < -0.4 is 5.32 Å². The number of carbonyl (C=O) groups is 2. The molecule has 1 N–H and O–H groups in total. The van der Waals surface area contributed by atoms with Gasteiger partial charge in [0.1, 0.15) is 0 Å². The van der Waals surface area contributed by atoms with Gasteiger partial charge in [-0.1, -0.05) is 18.2 Å². The number of halogens is 4. The van der Waals surface area contributed by atoms with Gasteiger partial charge in [-0.25, -0.2) is 0 Å². The number of amides is 2.